The van der Waals surface area contributed by atoms with Crippen molar-refractivity contribution >= 4 is 15.9 Å². The number of piperazine rings is 1. The average molecular weight is 388 g/mol. The molecule has 1 amide bonds. The van der Waals surface area contributed by atoms with Gasteiger partial charge in [0.1, 0.15) is 5.75 Å². The van der Waals surface area contributed by atoms with Gasteiger partial charge in [-0.1, -0.05) is 6.07 Å². The largest absolute Gasteiger partial charge is 0.497 e. The number of carbonyl (C=O) groups is 1. The van der Waals surface area contributed by atoms with Crippen molar-refractivity contribution in [1.29, 1.82) is 0 Å². The second kappa shape index (κ2) is 7.70. The molecule has 0 atom stereocenters. The average Bonchev–Trinajstić information content (AvgIpc) is 2.69. The molecule has 6 nitrogen and oxygen atoms in total. The molecule has 2 aromatic carbocycles. The zero-order valence-corrected chi connectivity index (χ0v) is 16.6. The summed E-state index contributed by atoms with van der Waals surface area (Å²) in [6.07, 6.45) is 0. The zero-order chi connectivity index (χ0) is 19.6. The molecule has 1 heterocycles. The Balaban J connectivity index is 1.68. The maximum atomic E-state index is 12.9. The van der Waals surface area contributed by atoms with Gasteiger partial charge in [-0.15, -0.1) is 0 Å². The number of amides is 1. The van der Waals surface area contributed by atoms with E-state index < -0.39 is 10.0 Å². The normalized spacial score (nSPS) is 15.6. The summed E-state index contributed by atoms with van der Waals surface area (Å²) in [5.74, 6) is 0.594. The summed E-state index contributed by atoms with van der Waals surface area (Å²) in [5, 5.41) is 0. The number of hydrogen-bond donors (Lipinski definition) is 0. The number of methoxy groups -OCH3 is 1. The Labute approximate surface area is 160 Å². The minimum absolute atomic E-state index is 0.0964. The van der Waals surface area contributed by atoms with Gasteiger partial charge in [-0.2, -0.15) is 4.31 Å². The van der Waals surface area contributed by atoms with E-state index in [1.165, 1.54) is 4.31 Å². The number of nitrogens with zero attached hydrogens (tertiary/aromatic N) is 2. The maximum absolute atomic E-state index is 12.9. The van der Waals surface area contributed by atoms with Gasteiger partial charge in [-0.05, 0) is 61.4 Å². The fourth-order valence-electron chi connectivity index (χ4n) is 3.07. The van der Waals surface area contributed by atoms with Crippen molar-refractivity contribution in [2.24, 2.45) is 0 Å². The molecule has 0 N–H and O–H groups in total. The monoisotopic (exact) mass is 388 g/mol. The number of aryl methyl sites for hydroxylation is 2. The van der Waals surface area contributed by atoms with E-state index in [0.717, 1.165) is 11.1 Å². The van der Waals surface area contributed by atoms with Crippen molar-refractivity contribution in [3.63, 3.8) is 0 Å². The van der Waals surface area contributed by atoms with Crippen LogP contribution < -0.4 is 4.74 Å². The first-order valence-electron chi connectivity index (χ1n) is 8.83. The molecular formula is C20H24N2O4S. The van der Waals surface area contributed by atoms with Gasteiger partial charge in [0, 0.05) is 31.7 Å². The van der Waals surface area contributed by atoms with E-state index in [0.29, 0.717) is 29.3 Å². The van der Waals surface area contributed by atoms with Gasteiger partial charge in [0.05, 0.1) is 12.0 Å². The molecule has 0 spiro atoms. The third kappa shape index (κ3) is 3.99. The lowest BCUT2D eigenvalue weighted by Gasteiger charge is -2.34. The van der Waals surface area contributed by atoms with E-state index in [4.69, 9.17) is 4.74 Å². The highest BCUT2D eigenvalue weighted by atomic mass is 32.2. The number of ether oxygens (including phenoxy) is 1. The fraction of sp³-hybridized carbons (Fsp3) is 0.350. The zero-order valence-electron chi connectivity index (χ0n) is 15.8. The second-order valence-corrected chi connectivity index (χ2v) is 8.61. The van der Waals surface area contributed by atoms with Crippen LogP contribution in [0.5, 0.6) is 5.75 Å². The smallest absolute Gasteiger partial charge is 0.253 e. The Morgan fingerprint density at radius 3 is 2.11 bits per heavy atom. The Kier molecular flexibility index (Phi) is 5.53. The van der Waals surface area contributed by atoms with Crippen LogP contribution in [0.4, 0.5) is 0 Å². The molecule has 7 heteroatoms. The first-order valence-corrected chi connectivity index (χ1v) is 10.3. The fourth-order valence-corrected chi connectivity index (χ4v) is 4.58. The molecule has 1 saturated heterocycles. The van der Waals surface area contributed by atoms with Crippen LogP contribution in [-0.4, -0.2) is 56.8 Å². The Morgan fingerprint density at radius 2 is 1.56 bits per heavy atom. The predicted octanol–water partition coefficient (Wildman–Crippen LogP) is 2.46. The molecular weight excluding hydrogens is 364 g/mol. The number of carbonyl (C=O) groups excluding carboxylic acids is 1. The van der Waals surface area contributed by atoms with Gasteiger partial charge in [0.25, 0.3) is 5.91 Å². The topological polar surface area (TPSA) is 66.9 Å². The van der Waals surface area contributed by atoms with Crippen LogP contribution in [0.15, 0.2) is 47.4 Å². The summed E-state index contributed by atoms with van der Waals surface area (Å²) < 4.78 is 32.3. The summed E-state index contributed by atoms with van der Waals surface area (Å²) in [4.78, 5) is 14.6. The van der Waals surface area contributed by atoms with Crippen molar-refractivity contribution in [3.05, 3.63) is 59.2 Å². The molecule has 0 aliphatic carbocycles. The summed E-state index contributed by atoms with van der Waals surface area (Å²) in [6.45, 7) is 5.17. The third-order valence-electron chi connectivity index (χ3n) is 4.98. The number of hydrogen-bond acceptors (Lipinski definition) is 4. The molecule has 0 saturated carbocycles. The van der Waals surface area contributed by atoms with E-state index in [9.17, 15) is 13.2 Å². The Morgan fingerprint density at radius 1 is 0.926 bits per heavy atom. The Bertz CT molecular complexity index is 931. The maximum Gasteiger partial charge on any atom is 0.253 e. The number of benzene rings is 2. The molecule has 144 valence electrons. The quantitative estimate of drug-likeness (QED) is 0.807. The summed E-state index contributed by atoms with van der Waals surface area (Å²) in [7, 11) is -1.97. The highest BCUT2D eigenvalue weighted by molar-refractivity contribution is 7.89. The van der Waals surface area contributed by atoms with Gasteiger partial charge in [-0.25, -0.2) is 8.42 Å². The highest BCUT2D eigenvalue weighted by Crippen LogP contribution is 2.21. The van der Waals surface area contributed by atoms with Gasteiger partial charge < -0.3 is 9.64 Å². The van der Waals surface area contributed by atoms with Gasteiger partial charge in [-0.3, -0.25) is 4.79 Å². The van der Waals surface area contributed by atoms with E-state index in [1.807, 2.05) is 19.9 Å². The molecule has 0 unspecified atom stereocenters. The van der Waals surface area contributed by atoms with Crippen LogP contribution in [0.2, 0.25) is 0 Å². The van der Waals surface area contributed by atoms with E-state index in [-0.39, 0.29) is 19.0 Å². The summed E-state index contributed by atoms with van der Waals surface area (Å²) >= 11 is 0. The molecule has 1 fully saturated rings. The van der Waals surface area contributed by atoms with Crippen LogP contribution in [0.25, 0.3) is 0 Å². The van der Waals surface area contributed by atoms with Crippen molar-refractivity contribution in [2.45, 2.75) is 18.7 Å². The van der Waals surface area contributed by atoms with Crippen molar-refractivity contribution in [2.75, 3.05) is 33.3 Å². The van der Waals surface area contributed by atoms with Crippen LogP contribution in [0, 0.1) is 13.8 Å². The van der Waals surface area contributed by atoms with Crippen LogP contribution in [0.3, 0.4) is 0 Å². The predicted molar refractivity (Wildman–Crippen MR) is 104 cm³/mol. The SMILES string of the molecule is COc1ccc(C(=O)N2CCN(S(=O)(=O)c3ccc(C)c(C)c3)CC2)cc1. The summed E-state index contributed by atoms with van der Waals surface area (Å²) in [5.41, 5.74) is 2.58. The molecule has 1 aliphatic rings. The minimum atomic E-state index is -3.55. The summed E-state index contributed by atoms with van der Waals surface area (Å²) in [6, 6.07) is 12.1. The number of sulfonamides is 1. The lowest BCUT2D eigenvalue weighted by atomic mass is 10.1. The van der Waals surface area contributed by atoms with Crippen LogP contribution in [0.1, 0.15) is 21.5 Å². The highest BCUT2D eigenvalue weighted by Gasteiger charge is 2.30. The standard InChI is InChI=1S/C20H24N2O4S/c1-15-4-9-19(14-16(15)2)27(24,25)22-12-10-21(11-13-22)20(23)17-5-7-18(26-3)8-6-17/h4-9,14H,10-13H2,1-3H3. The van der Waals surface area contributed by atoms with Gasteiger partial charge >= 0.3 is 0 Å². The van der Waals surface area contributed by atoms with Crippen molar-refractivity contribution in [1.82, 2.24) is 9.21 Å². The lowest BCUT2D eigenvalue weighted by Crippen LogP contribution is -2.50. The molecule has 0 aromatic heterocycles. The van der Waals surface area contributed by atoms with Crippen LogP contribution >= 0.6 is 0 Å². The minimum Gasteiger partial charge on any atom is -0.497 e. The van der Waals surface area contributed by atoms with Gasteiger partial charge in [0.15, 0.2) is 0 Å². The molecule has 3 rings (SSSR count). The molecule has 0 radical (unpaired) electrons. The first kappa shape index (κ1) is 19.4. The van der Waals surface area contributed by atoms with Crippen molar-refractivity contribution < 1.29 is 17.9 Å². The van der Waals surface area contributed by atoms with E-state index in [1.54, 1.807) is 48.4 Å². The van der Waals surface area contributed by atoms with Crippen LogP contribution in [-0.2, 0) is 10.0 Å². The third-order valence-corrected chi connectivity index (χ3v) is 6.87. The molecule has 1 aliphatic heterocycles. The lowest BCUT2D eigenvalue weighted by molar-refractivity contribution is 0.0698. The second-order valence-electron chi connectivity index (χ2n) is 6.67. The van der Waals surface area contributed by atoms with Crippen molar-refractivity contribution in [3.8, 4) is 5.75 Å². The van der Waals surface area contributed by atoms with E-state index in [2.05, 4.69) is 0 Å². The van der Waals surface area contributed by atoms with Gasteiger partial charge in [0.2, 0.25) is 10.0 Å². The molecule has 0 bridgehead atoms. The molecule has 2 aromatic rings. The van der Waals surface area contributed by atoms with E-state index >= 15 is 0 Å². The Hall–Kier alpha value is -2.38. The molecule has 27 heavy (non-hydrogen) atoms. The number of rotatable bonds is 4. The first-order chi connectivity index (χ1) is 12.8.